The van der Waals surface area contributed by atoms with Crippen LogP contribution in [-0.4, -0.2) is 41.3 Å². The summed E-state index contributed by atoms with van der Waals surface area (Å²) in [5, 5.41) is 19.7. The Labute approximate surface area is 163 Å². The summed E-state index contributed by atoms with van der Waals surface area (Å²) < 4.78 is 10.6. The van der Waals surface area contributed by atoms with Gasteiger partial charge in [0.2, 0.25) is 0 Å². The van der Waals surface area contributed by atoms with Crippen molar-refractivity contribution in [3.8, 4) is 5.75 Å². The summed E-state index contributed by atoms with van der Waals surface area (Å²) in [5.74, 6) is -3.30. The Bertz CT molecular complexity index is 802. The molecular weight excluding hydrogens is 364 g/mol. The SMILES string of the molecule is COc1ccc([C@H]2CC[C@]3(C)[C@@H](OC(C)=O)CC[C@H]3[C@@H]2C(=O)O)c(C(=O)O)c1. The minimum atomic E-state index is -1.10. The van der Waals surface area contributed by atoms with Crippen LogP contribution in [0.25, 0.3) is 0 Å². The van der Waals surface area contributed by atoms with E-state index in [9.17, 15) is 24.6 Å². The highest BCUT2D eigenvalue weighted by Crippen LogP contribution is 2.59. The zero-order chi connectivity index (χ0) is 20.6. The minimum Gasteiger partial charge on any atom is -0.497 e. The van der Waals surface area contributed by atoms with Gasteiger partial charge in [-0.3, -0.25) is 9.59 Å². The molecule has 5 atom stereocenters. The average Bonchev–Trinajstić information content (AvgIpc) is 2.96. The van der Waals surface area contributed by atoms with Crippen molar-refractivity contribution in [2.45, 2.75) is 51.6 Å². The van der Waals surface area contributed by atoms with Gasteiger partial charge in [-0.1, -0.05) is 13.0 Å². The van der Waals surface area contributed by atoms with Gasteiger partial charge in [0, 0.05) is 12.3 Å². The molecule has 0 aromatic heterocycles. The minimum absolute atomic E-state index is 0.0775. The van der Waals surface area contributed by atoms with Crippen LogP contribution in [0.2, 0.25) is 0 Å². The number of aliphatic carboxylic acids is 1. The van der Waals surface area contributed by atoms with Crippen LogP contribution in [0.3, 0.4) is 0 Å². The van der Waals surface area contributed by atoms with Crippen molar-refractivity contribution < 1.29 is 34.1 Å². The molecule has 0 radical (unpaired) electrons. The van der Waals surface area contributed by atoms with E-state index in [2.05, 4.69) is 0 Å². The predicted molar refractivity (Wildman–Crippen MR) is 99.4 cm³/mol. The van der Waals surface area contributed by atoms with Crippen molar-refractivity contribution in [2.24, 2.45) is 17.3 Å². The van der Waals surface area contributed by atoms with Crippen LogP contribution in [0.1, 0.15) is 61.4 Å². The zero-order valence-electron chi connectivity index (χ0n) is 16.3. The Morgan fingerprint density at radius 1 is 1.14 bits per heavy atom. The molecule has 2 saturated carbocycles. The maximum absolute atomic E-state index is 12.3. The number of rotatable bonds is 5. The maximum Gasteiger partial charge on any atom is 0.336 e. The van der Waals surface area contributed by atoms with Gasteiger partial charge in [0.25, 0.3) is 0 Å². The van der Waals surface area contributed by atoms with E-state index in [-0.39, 0.29) is 23.6 Å². The molecule has 28 heavy (non-hydrogen) atoms. The van der Waals surface area contributed by atoms with Crippen molar-refractivity contribution in [1.82, 2.24) is 0 Å². The molecule has 0 saturated heterocycles. The summed E-state index contributed by atoms with van der Waals surface area (Å²) in [7, 11) is 1.46. The number of carboxylic acid groups (broad SMARTS) is 2. The lowest BCUT2D eigenvalue weighted by atomic mass is 9.58. The Morgan fingerprint density at radius 2 is 1.86 bits per heavy atom. The second-order valence-corrected chi connectivity index (χ2v) is 8.06. The number of methoxy groups -OCH3 is 1. The second-order valence-electron chi connectivity index (χ2n) is 8.06. The quantitative estimate of drug-likeness (QED) is 0.742. The molecule has 0 amide bonds. The highest BCUT2D eigenvalue weighted by Gasteiger charge is 2.57. The molecule has 0 unspecified atom stereocenters. The Hall–Kier alpha value is -2.57. The molecule has 0 bridgehead atoms. The number of aromatic carboxylic acids is 1. The van der Waals surface area contributed by atoms with Crippen LogP contribution >= 0.6 is 0 Å². The summed E-state index contributed by atoms with van der Waals surface area (Å²) >= 11 is 0. The number of hydrogen-bond donors (Lipinski definition) is 2. The van der Waals surface area contributed by atoms with Crippen molar-refractivity contribution in [2.75, 3.05) is 7.11 Å². The van der Waals surface area contributed by atoms with E-state index in [0.717, 1.165) is 0 Å². The fourth-order valence-electron chi connectivity index (χ4n) is 5.35. The lowest BCUT2D eigenvalue weighted by molar-refractivity contribution is -0.158. The normalized spacial score (nSPS) is 31.7. The molecule has 0 aliphatic heterocycles. The Morgan fingerprint density at radius 3 is 2.43 bits per heavy atom. The van der Waals surface area contributed by atoms with Crippen LogP contribution in [0.5, 0.6) is 5.75 Å². The first-order valence-electron chi connectivity index (χ1n) is 9.50. The van der Waals surface area contributed by atoms with Gasteiger partial charge in [0.1, 0.15) is 11.9 Å². The fraction of sp³-hybridized carbons (Fsp3) is 0.571. The third-order valence-corrected chi connectivity index (χ3v) is 6.67. The van der Waals surface area contributed by atoms with E-state index in [0.29, 0.717) is 37.0 Å². The third-order valence-electron chi connectivity index (χ3n) is 6.67. The first kappa shape index (κ1) is 20.2. The van der Waals surface area contributed by atoms with Crippen LogP contribution in [0.15, 0.2) is 18.2 Å². The third kappa shape index (κ3) is 3.34. The number of carboxylic acids is 2. The average molecular weight is 390 g/mol. The molecule has 2 aliphatic rings. The molecule has 0 heterocycles. The zero-order valence-corrected chi connectivity index (χ0v) is 16.3. The van der Waals surface area contributed by atoms with Crippen molar-refractivity contribution in [3.63, 3.8) is 0 Å². The topological polar surface area (TPSA) is 110 Å². The monoisotopic (exact) mass is 390 g/mol. The summed E-state index contributed by atoms with van der Waals surface area (Å²) in [4.78, 5) is 35.6. The number of carbonyl (C=O) groups excluding carboxylic acids is 1. The van der Waals surface area contributed by atoms with Crippen LogP contribution < -0.4 is 4.74 Å². The summed E-state index contributed by atoms with van der Waals surface area (Å²) in [6.07, 6.45) is 2.17. The molecule has 2 N–H and O–H groups in total. The number of ether oxygens (including phenoxy) is 2. The lowest BCUT2D eigenvalue weighted by Crippen LogP contribution is -2.46. The maximum atomic E-state index is 12.3. The first-order valence-corrected chi connectivity index (χ1v) is 9.50. The van der Waals surface area contributed by atoms with Crippen LogP contribution in [0.4, 0.5) is 0 Å². The largest absolute Gasteiger partial charge is 0.497 e. The van der Waals surface area contributed by atoms with Crippen LogP contribution in [0, 0.1) is 17.3 Å². The highest BCUT2D eigenvalue weighted by atomic mass is 16.5. The van der Waals surface area contributed by atoms with Gasteiger partial charge in [-0.2, -0.15) is 0 Å². The number of carbonyl (C=O) groups is 3. The molecule has 3 rings (SSSR count). The van der Waals surface area contributed by atoms with E-state index in [1.54, 1.807) is 12.1 Å². The Kier molecular flexibility index (Phi) is 5.37. The highest BCUT2D eigenvalue weighted by molar-refractivity contribution is 5.90. The van der Waals surface area contributed by atoms with Gasteiger partial charge in [0.05, 0.1) is 18.6 Å². The summed E-state index contributed by atoms with van der Waals surface area (Å²) in [5.41, 5.74) is 0.189. The molecule has 7 nitrogen and oxygen atoms in total. The van der Waals surface area contributed by atoms with Gasteiger partial charge in [-0.15, -0.1) is 0 Å². The van der Waals surface area contributed by atoms with Crippen molar-refractivity contribution in [1.29, 1.82) is 0 Å². The van der Waals surface area contributed by atoms with Gasteiger partial charge in [0.15, 0.2) is 0 Å². The molecule has 2 aliphatic carbocycles. The molecule has 2 fully saturated rings. The standard InChI is InChI=1S/C21H26O7/c1-11(22)28-17-7-6-16-18(20(25)26)14(8-9-21(16,17)2)13-5-4-12(27-3)10-15(13)19(23)24/h4-5,10,14,16-18H,6-9H2,1-3H3,(H,23,24)(H,25,26)/t14-,16+,17+,18-,21+/m1/s1. The molecular formula is C21H26O7. The molecule has 152 valence electrons. The lowest BCUT2D eigenvalue weighted by Gasteiger charge is -2.46. The van der Waals surface area contributed by atoms with Gasteiger partial charge in [-0.05, 0) is 55.2 Å². The van der Waals surface area contributed by atoms with Crippen LogP contribution in [-0.2, 0) is 14.3 Å². The number of esters is 1. The smallest absolute Gasteiger partial charge is 0.336 e. The van der Waals surface area contributed by atoms with E-state index >= 15 is 0 Å². The van der Waals surface area contributed by atoms with E-state index in [1.165, 1.54) is 20.1 Å². The second kappa shape index (κ2) is 7.45. The van der Waals surface area contributed by atoms with E-state index in [4.69, 9.17) is 9.47 Å². The van der Waals surface area contributed by atoms with E-state index < -0.39 is 29.2 Å². The first-order chi connectivity index (χ1) is 13.2. The Balaban J connectivity index is 2.01. The number of hydrogen-bond acceptors (Lipinski definition) is 5. The molecule has 0 spiro atoms. The van der Waals surface area contributed by atoms with E-state index in [1.807, 2.05) is 6.92 Å². The fourth-order valence-corrected chi connectivity index (χ4v) is 5.35. The van der Waals surface area contributed by atoms with Gasteiger partial charge >= 0.3 is 17.9 Å². The summed E-state index contributed by atoms with van der Waals surface area (Å²) in [6, 6.07) is 4.79. The van der Waals surface area contributed by atoms with Crippen molar-refractivity contribution >= 4 is 17.9 Å². The van der Waals surface area contributed by atoms with Gasteiger partial charge < -0.3 is 19.7 Å². The summed E-state index contributed by atoms with van der Waals surface area (Å²) in [6.45, 7) is 3.37. The van der Waals surface area contributed by atoms with Gasteiger partial charge in [-0.25, -0.2) is 4.79 Å². The molecule has 7 heteroatoms. The predicted octanol–water partition coefficient (Wildman–Crippen LogP) is 3.32. The van der Waals surface area contributed by atoms with Crippen molar-refractivity contribution in [3.05, 3.63) is 29.3 Å². The molecule has 1 aromatic carbocycles. The molecule has 1 aromatic rings. The number of fused-ring (bicyclic) bond motifs is 1. The number of benzene rings is 1.